The first-order valence-corrected chi connectivity index (χ1v) is 13.1. The summed E-state index contributed by atoms with van der Waals surface area (Å²) in [5.41, 5.74) is 4.39. The second-order valence-electron chi connectivity index (χ2n) is 9.09. The number of hydrogen-bond acceptors (Lipinski definition) is 4. The van der Waals surface area contributed by atoms with Crippen LogP contribution in [0, 0.1) is 6.92 Å². The molecule has 0 atom stereocenters. The molecule has 4 aromatic rings. The van der Waals surface area contributed by atoms with Crippen LogP contribution in [0.4, 0.5) is 5.69 Å². The highest BCUT2D eigenvalue weighted by Crippen LogP contribution is 2.33. The number of hydrogen-bond donors (Lipinski definition) is 2. The van der Waals surface area contributed by atoms with Crippen LogP contribution < -0.4 is 10.2 Å². The van der Waals surface area contributed by atoms with E-state index in [0.29, 0.717) is 26.4 Å². The number of carbonyl (C=O) groups is 1. The van der Waals surface area contributed by atoms with Crippen molar-refractivity contribution >= 4 is 46.4 Å². The summed E-state index contributed by atoms with van der Waals surface area (Å²) in [6.45, 7) is 3.50. The molecule has 2 N–H and O–H groups in total. The van der Waals surface area contributed by atoms with Crippen molar-refractivity contribution in [3.63, 3.8) is 0 Å². The van der Waals surface area contributed by atoms with Crippen LogP contribution in [0.15, 0.2) is 66.7 Å². The molecule has 1 aliphatic rings. The van der Waals surface area contributed by atoms with Crippen LogP contribution in [0.3, 0.4) is 0 Å². The molecule has 2 heterocycles. The van der Waals surface area contributed by atoms with Crippen LogP contribution >= 0.6 is 34.8 Å². The van der Waals surface area contributed by atoms with Gasteiger partial charge in [-0.1, -0.05) is 46.9 Å². The fraction of sp³-hybridized carbons (Fsp3) is 0.214. The Morgan fingerprint density at radius 3 is 2.24 bits per heavy atom. The summed E-state index contributed by atoms with van der Waals surface area (Å²) in [6.07, 6.45) is 1.61. The summed E-state index contributed by atoms with van der Waals surface area (Å²) in [7, 11) is 0. The van der Waals surface area contributed by atoms with E-state index in [2.05, 4.69) is 10.2 Å². The summed E-state index contributed by atoms with van der Waals surface area (Å²) in [6, 6.07) is 19.8. The first-order chi connectivity index (χ1) is 17.8. The van der Waals surface area contributed by atoms with Gasteiger partial charge in [0, 0.05) is 46.0 Å². The van der Waals surface area contributed by atoms with E-state index in [0.717, 1.165) is 48.4 Å². The van der Waals surface area contributed by atoms with Gasteiger partial charge in [0.1, 0.15) is 5.75 Å². The molecule has 190 valence electrons. The number of aromatic hydroxyl groups is 1. The molecular formula is C28H25Cl3N4O2. The van der Waals surface area contributed by atoms with Crippen molar-refractivity contribution in [1.29, 1.82) is 0 Å². The Bertz CT molecular complexity index is 1430. The third-order valence-corrected chi connectivity index (χ3v) is 7.43. The standard InChI is InChI=1S/C28H25Cl3N4O2/c1-17-26(28(37)32-21-12-14-34(15-13-21)22-7-9-23(36)10-8-22)33-35(25-11-6-20(30)16-24(25)31)27(17)18-2-4-19(29)5-3-18/h2-11,16,21,36H,12-15H2,1H3,(H,32,37). The molecule has 0 unspecified atom stereocenters. The molecule has 1 amide bonds. The van der Waals surface area contributed by atoms with E-state index in [1.807, 2.05) is 31.2 Å². The average molecular weight is 556 g/mol. The van der Waals surface area contributed by atoms with Crippen molar-refractivity contribution in [3.8, 4) is 22.7 Å². The average Bonchev–Trinajstić information content (AvgIpc) is 3.22. The predicted molar refractivity (Wildman–Crippen MR) is 150 cm³/mol. The van der Waals surface area contributed by atoms with Crippen molar-refractivity contribution in [2.24, 2.45) is 0 Å². The number of carbonyl (C=O) groups excluding carboxylic acids is 1. The summed E-state index contributed by atoms with van der Waals surface area (Å²) in [5.74, 6) is 0.0261. The first kappa shape index (κ1) is 25.5. The Balaban J connectivity index is 1.40. The second kappa shape index (κ2) is 10.7. The Morgan fingerprint density at radius 2 is 1.59 bits per heavy atom. The quantitative estimate of drug-likeness (QED) is 0.281. The molecule has 1 aromatic heterocycles. The third kappa shape index (κ3) is 5.42. The maximum Gasteiger partial charge on any atom is 0.272 e. The third-order valence-electron chi connectivity index (χ3n) is 6.64. The minimum Gasteiger partial charge on any atom is -0.508 e. The smallest absolute Gasteiger partial charge is 0.272 e. The molecule has 5 rings (SSSR count). The summed E-state index contributed by atoms with van der Waals surface area (Å²) >= 11 is 18.8. The van der Waals surface area contributed by atoms with Crippen LogP contribution in [-0.4, -0.2) is 39.9 Å². The lowest BCUT2D eigenvalue weighted by Crippen LogP contribution is -2.45. The van der Waals surface area contributed by atoms with Crippen molar-refractivity contribution in [1.82, 2.24) is 15.1 Å². The number of benzene rings is 3. The van der Waals surface area contributed by atoms with E-state index in [4.69, 9.17) is 39.9 Å². The second-order valence-corrected chi connectivity index (χ2v) is 10.4. The Morgan fingerprint density at radius 1 is 0.946 bits per heavy atom. The van der Waals surface area contributed by atoms with E-state index in [9.17, 15) is 9.90 Å². The van der Waals surface area contributed by atoms with Gasteiger partial charge in [-0.2, -0.15) is 5.10 Å². The number of piperidine rings is 1. The molecule has 1 aliphatic heterocycles. The molecular weight excluding hydrogens is 531 g/mol. The predicted octanol–water partition coefficient (Wildman–Crippen LogP) is 6.91. The van der Waals surface area contributed by atoms with Crippen molar-refractivity contribution in [2.75, 3.05) is 18.0 Å². The van der Waals surface area contributed by atoms with Gasteiger partial charge in [-0.25, -0.2) is 4.68 Å². The van der Waals surface area contributed by atoms with Gasteiger partial charge in [0.05, 0.1) is 16.4 Å². The molecule has 0 bridgehead atoms. The van der Waals surface area contributed by atoms with E-state index in [-0.39, 0.29) is 17.7 Å². The van der Waals surface area contributed by atoms with Crippen LogP contribution in [-0.2, 0) is 0 Å². The van der Waals surface area contributed by atoms with Gasteiger partial charge in [0.25, 0.3) is 5.91 Å². The number of rotatable bonds is 5. The van der Waals surface area contributed by atoms with Gasteiger partial charge in [0.15, 0.2) is 5.69 Å². The summed E-state index contributed by atoms with van der Waals surface area (Å²) in [4.78, 5) is 15.7. The zero-order chi connectivity index (χ0) is 26.1. The lowest BCUT2D eigenvalue weighted by Gasteiger charge is -2.33. The van der Waals surface area contributed by atoms with Crippen molar-refractivity contribution < 1.29 is 9.90 Å². The summed E-state index contributed by atoms with van der Waals surface area (Å²) < 4.78 is 1.69. The number of nitrogens with zero attached hydrogens (tertiary/aromatic N) is 3. The SMILES string of the molecule is Cc1c(C(=O)NC2CCN(c3ccc(O)cc3)CC2)nn(-c2ccc(Cl)cc2Cl)c1-c1ccc(Cl)cc1. The zero-order valence-electron chi connectivity index (χ0n) is 20.1. The Labute approximate surface area is 230 Å². The molecule has 6 nitrogen and oxygen atoms in total. The van der Waals surface area contributed by atoms with E-state index in [1.54, 1.807) is 47.1 Å². The van der Waals surface area contributed by atoms with Crippen LogP contribution in [0.5, 0.6) is 5.75 Å². The number of aromatic nitrogens is 2. The Kier molecular flexibility index (Phi) is 7.33. The minimum atomic E-state index is -0.223. The number of phenols is 1. The van der Waals surface area contributed by atoms with Gasteiger partial charge in [0.2, 0.25) is 0 Å². The number of amides is 1. The number of anilines is 1. The molecule has 0 spiro atoms. The van der Waals surface area contributed by atoms with Gasteiger partial charge in [-0.3, -0.25) is 4.79 Å². The lowest BCUT2D eigenvalue weighted by atomic mass is 10.0. The maximum atomic E-state index is 13.4. The fourth-order valence-electron chi connectivity index (χ4n) is 4.68. The van der Waals surface area contributed by atoms with Gasteiger partial charge >= 0.3 is 0 Å². The number of nitrogens with one attached hydrogen (secondary N) is 1. The van der Waals surface area contributed by atoms with Crippen LogP contribution in [0.1, 0.15) is 28.9 Å². The largest absolute Gasteiger partial charge is 0.508 e. The highest BCUT2D eigenvalue weighted by atomic mass is 35.5. The highest BCUT2D eigenvalue weighted by molar-refractivity contribution is 6.35. The van der Waals surface area contributed by atoms with E-state index >= 15 is 0 Å². The molecule has 9 heteroatoms. The number of halogens is 3. The van der Waals surface area contributed by atoms with Crippen LogP contribution in [0.25, 0.3) is 16.9 Å². The minimum absolute atomic E-state index is 0.0310. The molecule has 3 aromatic carbocycles. The zero-order valence-corrected chi connectivity index (χ0v) is 22.4. The molecule has 0 saturated carbocycles. The van der Waals surface area contributed by atoms with Crippen molar-refractivity contribution in [2.45, 2.75) is 25.8 Å². The molecule has 0 radical (unpaired) electrons. The van der Waals surface area contributed by atoms with Crippen LogP contribution in [0.2, 0.25) is 15.1 Å². The molecule has 1 fully saturated rings. The van der Waals surface area contributed by atoms with Gasteiger partial charge < -0.3 is 15.3 Å². The first-order valence-electron chi connectivity index (χ1n) is 12.0. The highest BCUT2D eigenvalue weighted by Gasteiger charge is 2.26. The normalized spacial score (nSPS) is 14.1. The molecule has 37 heavy (non-hydrogen) atoms. The maximum absolute atomic E-state index is 13.4. The fourth-order valence-corrected chi connectivity index (χ4v) is 5.30. The Hall–Kier alpha value is -3.19. The molecule has 1 saturated heterocycles. The molecule has 0 aliphatic carbocycles. The summed E-state index contributed by atoms with van der Waals surface area (Å²) in [5, 5.41) is 19.0. The van der Waals surface area contributed by atoms with Crippen molar-refractivity contribution in [3.05, 3.63) is 93.1 Å². The van der Waals surface area contributed by atoms with Gasteiger partial charge in [-0.05, 0) is 74.4 Å². The van der Waals surface area contributed by atoms with E-state index in [1.165, 1.54) is 0 Å². The van der Waals surface area contributed by atoms with Gasteiger partial charge in [-0.15, -0.1) is 0 Å². The lowest BCUT2D eigenvalue weighted by molar-refractivity contribution is 0.0925. The van der Waals surface area contributed by atoms with E-state index < -0.39 is 0 Å². The monoisotopic (exact) mass is 554 g/mol. The topological polar surface area (TPSA) is 70.4 Å². The number of phenolic OH excluding ortho intramolecular Hbond substituents is 1.